The lowest BCUT2D eigenvalue weighted by Gasteiger charge is -2.26. The largest absolute Gasteiger partial charge is 0.473 e. The Morgan fingerprint density at radius 1 is 1.06 bits per heavy atom. The molecule has 0 saturated heterocycles. The monoisotopic (exact) mass is 250 g/mol. The van der Waals surface area contributed by atoms with Crippen LogP contribution in [0.3, 0.4) is 0 Å². The molecule has 1 rings (SSSR count). The van der Waals surface area contributed by atoms with Crippen molar-refractivity contribution < 1.29 is 4.74 Å². The molecular formula is C15H26N2O. The fourth-order valence-corrected chi connectivity index (χ4v) is 2.11. The zero-order chi connectivity index (χ0) is 13.7. The maximum Gasteiger partial charge on any atom is 0.236 e. The van der Waals surface area contributed by atoms with E-state index in [0.29, 0.717) is 11.8 Å². The van der Waals surface area contributed by atoms with Crippen LogP contribution in [-0.2, 0) is 12.8 Å². The predicted molar refractivity (Wildman–Crippen MR) is 74.9 cm³/mol. The first-order valence-corrected chi connectivity index (χ1v) is 7.00. The highest BCUT2D eigenvalue weighted by molar-refractivity contribution is 5.20. The Bertz CT molecular complexity index is 367. The predicted octanol–water partition coefficient (Wildman–Crippen LogP) is 3.66. The van der Waals surface area contributed by atoms with Crippen molar-refractivity contribution in [3.63, 3.8) is 0 Å². The zero-order valence-electron chi connectivity index (χ0n) is 12.5. The third-order valence-corrected chi connectivity index (χ3v) is 3.12. The van der Waals surface area contributed by atoms with Gasteiger partial charge in [0.25, 0.3) is 0 Å². The van der Waals surface area contributed by atoms with Crippen LogP contribution in [0.5, 0.6) is 5.88 Å². The van der Waals surface area contributed by atoms with E-state index in [-0.39, 0.29) is 6.10 Å². The lowest BCUT2D eigenvalue weighted by Crippen LogP contribution is -2.30. The van der Waals surface area contributed by atoms with Gasteiger partial charge in [-0.05, 0) is 24.7 Å². The van der Waals surface area contributed by atoms with Crippen LogP contribution < -0.4 is 4.74 Å². The second-order valence-electron chi connectivity index (χ2n) is 5.39. The molecule has 1 aromatic rings. The van der Waals surface area contributed by atoms with Crippen molar-refractivity contribution in [1.29, 1.82) is 0 Å². The zero-order valence-corrected chi connectivity index (χ0v) is 12.5. The Balaban J connectivity index is 2.99. The number of hydrogen-bond acceptors (Lipinski definition) is 3. The van der Waals surface area contributed by atoms with Crippen LogP contribution in [0.25, 0.3) is 0 Å². The molecule has 18 heavy (non-hydrogen) atoms. The number of nitrogens with zero attached hydrogens (tertiary/aromatic N) is 2. The van der Waals surface area contributed by atoms with Crippen LogP contribution in [0.4, 0.5) is 0 Å². The van der Waals surface area contributed by atoms with Gasteiger partial charge in [-0.3, -0.25) is 4.98 Å². The van der Waals surface area contributed by atoms with E-state index in [0.717, 1.165) is 30.1 Å². The maximum atomic E-state index is 6.13. The molecule has 0 aliphatic carbocycles. The Labute approximate surface area is 111 Å². The second kappa shape index (κ2) is 6.72. The van der Waals surface area contributed by atoms with Gasteiger partial charge < -0.3 is 4.74 Å². The van der Waals surface area contributed by atoms with E-state index < -0.39 is 0 Å². The van der Waals surface area contributed by atoms with Crippen molar-refractivity contribution in [2.75, 3.05) is 0 Å². The molecule has 1 heterocycles. The fraction of sp³-hybridized carbons (Fsp3) is 0.733. The lowest BCUT2D eigenvalue weighted by molar-refractivity contribution is 0.0976. The molecular weight excluding hydrogens is 224 g/mol. The van der Waals surface area contributed by atoms with Gasteiger partial charge in [-0.25, -0.2) is 4.98 Å². The van der Waals surface area contributed by atoms with Gasteiger partial charge >= 0.3 is 0 Å². The molecule has 0 aliphatic heterocycles. The van der Waals surface area contributed by atoms with E-state index in [2.05, 4.69) is 51.5 Å². The van der Waals surface area contributed by atoms with E-state index in [1.54, 1.807) is 0 Å². The van der Waals surface area contributed by atoms with Crippen LogP contribution in [0, 0.1) is 11.8 Å². The Kier molecular flexibility index (Phi) is 5.57. The van der Waals surface area contributed by atoms with Gasteiger partial charge in [-0.15, -0.1) is 0 Å². The summed E-state index contributed by atoms with van der Waals surface area (Å²) >= 11 is 0. The summed E-state index contributed by atoms with van der Waals surface area (Å²) in [5.74, 6) is 1.67. The minimum Gasteiger partial charge on any atom is -0.473 e. The molecule has 0 amide bonds. The molecule has 3 nitrogen and oxygen atoms in total. The highest BCUT2D eigenvalue weighted by Gasteiger charge is 2.21. The molecule has 0 aliphatic rings. The number of aryl methyl sites for hydroxylation is 2. The lowest BCUT2D eigenvalue weighted by atomic mass is 9.96. The summed E-state index contributed by atoms with van der Waals surface area (Å²) in [6.07, 6.45) is 3.79. The summed E-state index contributed by atoms with van der Waals surface area (Å²) in [4.78, 5) is 9.03. The van der Waals surface area contributed by atoms with E-state index in [9.17, 15) is 0 Å². The molecule has 102 valence electrons. The summed E-state index contributed by atoms with van der Waals surface area (Å²) < 4.78 is 6.13. The summed E-state index contributed by atoms with van der Waals surface area (Å²) in [5, 5.41) is 0. The van der Waals surface area contributed by atoms with Crippen LogP contribution in [0.2, 0.25) is 0 Å². The molecule has 0 unspecified atom stereocenters. The molecule has 3 heteroatoms. The third kappa shape index (κ3) is 3.69. The van der Waals surface area contributed by atoms with Crippen molar-refractivity contribution in [3.8, 4) is 5.88 Å². The van der Waals surface area contributed by atoms with Crippen molar-refractivity contribution >= 4 is 0 Å². The highest BCUT2D eigenvalue weighted by atomic mass is 16.5. The average Bonchev–Trinajstić information content (AvgIpc) is 2.34. The quantitative estimate of drug-likeness (QED) is 0.773. The smallest absolute Gasteiger partial charge is 0.236 e. The molecule has 0 bridgehead atoms. The second-order valence-corrected chi connectivity index (χ2v) is 5.39. The molecule has 0 atom stereocenters. The van der Waals surface area contributed by atoms with Gasteiger partial charge in [0, 0.05) is 6.20 Å². The van der Waals surface area contributed by atoms with E-state index in [1.807, 2.05) is 6.20 Å². The van der Waals surface area contributed by atoms with E-state index in [1.165, 1.54) is 0 Å². The molecule has 0 radical (unpaired) electrons. The van der Waals surface area contributed by atoms with Gasteiger partial charge in [-0.1, -0.05) is 41.5 Å². The Morgan fingerprint density at radius 2 is 1.67 bits per heavy atom. The highest BCUT2D eigenvalue weighted by Crippen LogP contribution is 2.22. The van der Waals surface area contributed by atoms with Crippen LogP contribution >= 0.6 is 0 Å². The summed E-state index contributed by atoms with van der Waals surface area (Å²) in [6.45, 7) is 12.9. The summed E-state index contributed by atoms with van der Waals surface area (Å²) in [5.41, 5.74) is 1.95. The molecule has 0 N–H and O–H groups in total. The van der Waals surface area contributed by atoms with Gasteiger partial charge in [0.1, 0.15) is 11.8 Å². The molecule has 0 aromatic carbocycles. The van der Waals surface area contributed by atoms with Crippen molar-refractivity contribution in [2.45, 2.75) is 60.5 Å². The minimum atomic E-state index is 0.191. The van der Waals surface area contributed by atoms with Gasteiger partial charge in [-0.2, -0.15) is 0 Å². The third-order valence-electron chi connectivity index (χ3n) is 3.12. The van der Waals surface area contributed by atoms with Gasteiger partial charge in [0.05, 0.1) is 5.69 Å². The fourth-order valence-electron chi connectivity index (χ4n) is 2.11. The van der Waals surface area contributed by atoms with E-state index >= 15 is 0 Å². The Morgan fingerprint density at radius 3 is 2.11 bits per heavy atom. The first-order chi connectivity index (χ1) is 8.49. The van der Waals surface area contributed by atoms with Crippen molar-refractivity contribution in [1.82, 2.24) is 9.97 Å². The van der Waals surface area contributed by atoms with Crippen molar-refractivity contribution in [3.05, 3.63) is 17.6 Å². The SMILES string of the molecule is CCc1cnc(CC)c(OC(C(C)C)C(C)C)n1. The maximum absolute atomic E-state index is 6.13. The molecule has 0 fully saturated rings. The van der Waals surface area contributed by atoms with Gasteiger partial charge in [0.15, 0.2) is 0 Å². The average molecular weight is 250 g/mol. The van der Waals surface area contributed by atoms with Gasteiger partial charge in [0.2, 0.25) is 5.88 Å². The van der Waals surface area contributed by atoms with Crippen LogP contribution in [0.1, 0.15) is 52.9 Å². The first kappa shape index (κ1) is 14.9. The molecule has 1 aromatic heterocycles. The standard InChI is InChI=1S/C15H26N2O/c1-7-12-9-16-13(8-2)15(17-12)18-14(10(3)4)11(5)6/h9-11,14H,7-8H2,1-6H3. The Hall–Kier alpha value is -1.12. The minimum absolute atomic E-state index is 0.191. The topological polar surface area (TPSA) is 35.0 Å². The summed E-state index contributed by atoms with van der Waals surface area (Å²) in [7, 11) is 0. The van der Waals surface area contributed by atoms with Crippen LogP contribution in [-0.4, -0.2) is 16.1 Å². The number of ether oxygens (including phenoxy) is 1. The van der Waals surface area contributed by atoms with Crippen LogP contribution in [0.15, 0.2) is 6.20 Å². The normalized spacial score (nSPS) is 11.6. The first-order valence-electron chi connectivity index (χ1n) is 7.00. The molecule has 0 spiro atoms. The number of hydrogen-bond donors (Lipinski definition) is 0. The molecule has 0 saturated carbocycles. The summed E-state index contributed by atoms with van der Waals surface area (Å²) in [6, 6.07) is 0. The van der Waals surface area contributed by atoms with Crippen molar-refractivity contribution in [2.24, 2.45) is 11.8 Å². The van der Waals surface area contributed by atoms with E-state index in [4.69, 9.17) is 4.74 Å². The number of aromatic nitrogens is 2. The number of rotatable bonds is 6.